The topological polar surface area (TPSA) is 71.9 Å². The Morgan fingerprint density at radius 2 is 1.67 bits per heavy atom. The van der Waals surface area contributed by atoms with Gasteiger partial charge in [0.05, 0.1) is 26.3 Å². The lowest BCUT2D eigenvalue weighted by Gasteiger charge is -2.56. The summed E-state index contributed by atoms with van der Waals surface area (Å²) in [5.74, 6) is 2.56. The summed E-state index contributed by atoms with van der Waals surface area (Å²) in [5, 5.41) is 5.94. The lowest BCUT2D eigenvalue weighted by molar-refractivity contribution is -0.906. The summed E-state index contributed by atoms with van der Waals surface area (Å²) in [7, 11) is 0. The van der Waals surface area contributed by atoms with Crippen molar-refractivity contribution in [2.24, 2.45) is 23.2 Å². The molecule has 0 aromatic rings. The molecule has 3 N–H and O–H groups in total. The number of quaternary nitrogens is 1. The summed E-state index contributed by atoms with van der Waals surface area (Å²) in [5.41, 5.74) is 0.231. The van der Waals surface area contributed by atoms with Crippen LogP contribution < -0.4 is 15.5 Å². The summed E-state index contributed by atoms with van der Waals surface area (Å²) in [4.78, 5) is 26.5. The van der Waals surface area contributed by atoms with Crippen molar-refractivity contribution in [2.45, 2.75) is 57.9 Å². The number of nitrogens with one attached hydrogen (secondary N) is 3. The van der Waals surface area contributed by atoms with Crippen molar-refractivity contribution in [3.05, 3.63) is 0 Å². The van der Waals surface area contributed by atoms with Crippen LogP contribution in [0.1, 0.15) is 51.9 Å². The van der Waals surface area contributed by atoms with Crippen molar-refractivity contribution in [3.63, 3.8) is 0 Å². The molecule has 1 atom stereocenters. The highest BCUT2D eigenvalue weighted by Gasteiger charge is 2.51. The van der Waals surface area contributed by atoms with Gasteiger partial charge < -0.3 is 20.3 Å². The van der Waals surface area contributed by atoms with Crippen LogP contribution in [0.2, 0.25) is 0 Å². The summed E-state index contributed by atoms with van der Waals surface area (Å²) in [6.07, 6.45) is 8.49. The first-order valence-corrected chi connectivity index (χ1v) is 11.0. The molecular formula is C21H36N3O3+. The minimum atomic E-state index is -0.453. The maximum Gasteiger partial charge on any atom is 0.242 e. The van der Waals surface area contributed by atoms with E-state index in [9.17, 15) is 9.59 Å². The van der Waals surface area contributed by atoms with E-state index in [2.05, 4.69) is 10.6 Å². The highest BCUT2D eigenvalue weighted by molar-refractivity contribution is 5.87. The molecule has 152 valence electrons. The van der Waals surface area contributed by atoms with Gasteiger partial charge in [-0.1, -0.05) is 0 Å². The molecule has 5 rings (SSSR count). The average molecular weight is 379 g/mol. The van der Waals surface area contributed by atoms with Crippen LogP contribution in [0.15, 0.2) is 0 Å². The van der Waals surface area contributed by atoms with E-state index in [4.69, 9.17) is 4.74 Å². The summed E-state index contributed by atoms with van der Waals surface area (Å²) in [6.45, 7) is 7.00. The maximum absolute atomic E-state index is 12.7. The largest absolute Gasteiger partial charge is 0.370 e. The van der Waals surface area contributed by atoms with Crippen molar-refractivity contribution in [3.8, 4) is 0 Å². The van der Waals surface area contributed by atoms with Gasteiger partial charge in [-0.2, -0.15) is 0 Å². The van der Waals surface area contributed by atoms with E-state index in [1.54, 1.807) is 6.92 Å². The van der Waals surface area contributed by atoms with E-state index in [0.29, 0.717) is 13.0 Å². The van der Waals surface area contributed by atoms with E-state index in [-0.39, 0.29) is 17.2 Å². The Bertz CT molecular complexity index is 524. The lowest BCUT2D eigenvalue weighted by atomic mass is 9.49. The third-order valence-corrected chi connectivity index (χ3v) is 7.45. The van der Waals surface area contributed by atoms with E-state index in [1.807, 2.05) is 0 Å². The zero-order valence-electron chi connectivity index (χ0n) is 16.7. The van der Waals surface area contributed by atoms with Gasteiger partial charge in [-0.15, -0.1) is 0 Å². The Balaban J connectivity index is 1.19. The molecular weight excluding hydrogens is 342 g/mol. The van der Waals surface area contributed by atoms with Gasteiger partial charge in [0.1, 0.15) is 19.1 Å². The Morgan fingerprint density at radius 3 is 2.26 bits per heavy atom. The first-order valence-electron chi connectivity index (χ1n) is 11.0. The number of rotatable bonds is 7. The van der Waals surface area contributed by atoms with E-state index >= 15 is 0 Å². The van der Waals surface area contributed by atoms with Gasteiger partial charge in [0.15, 0.2) is 0 Å². The molecule has 0 radical (unpaired) electrons. The van der Waals surface area contributed by atoms with Gasteiger partial charge in [-0.05, 0) is 68.6 Å². The second-order valence-corrected chi connectivity index (χ2v) is 9.79. The zero-order valence-corrected chi connectivity index (χ0v) is 16.7. The lowest BCUT2D eigenvalue weighted by Crippen LogP contribution is -3.14. The molecule has 6 heteroatoms. The maximum atomic E-state index is 12.7. The molecule has 4 saturated carbocycles. The number of carbonyl (C=O) groups excluding carboxylic acids is 2. The molecule has 0 aromatic carbocycles. The molecule has 0 unspecified atom stereocenters. The predicted octanol–water partition coefficient (Wildman–Crippen LogP) is 0.129. The van der Waals surface area contributed by atoms with E-state index in [1.165, 1.54) is 43.4 Å². The Labute approximate surface area is 162 Å². The molecule has 2 amide bonds. The standard InChI is InChI=1S/C21H35N3O3/c1-15(20(26)22-2-3-24-4-6-27-7-5-24)23-19(25)14-21-11-16-8-17(12-21)10-18(9-16)13-21/h15-18H,2-14H2,1H3,(H,22,26)(H,23,25)/p+1/t15-,16?,17?,18?,21?/m1/s1. The van der Waals surface area contributed by atoms with Crippen LogP contribution >= 0.6 is 0 Å². The molecule has 0 spiro atoms. The van der Waals surface area contributed by atoms with Crippen molar-refractivity contribution in [1.82, 2.24) is 10.6 Å². The van der Waals surface area contributed by atoms with E-state index < -0.39 is 6.04 Å². The van der Waals surface area contributed by atoms with Gasteiger partial charge in [-0.25, -0.2) is 0 Å². The molecule has 6 nitrogen and oxygen atoms in total. The van der Waals surface area contributed by atoms with Crippen LogP contribution in [-0.4, -0.2) is 57.2 Å². The Kier molecular flexibility index (Phi) is 5.74. The summed E-state index contributed by atoms with van der Waals surface area (Å²) < 4.78 is 5.35. The fourth-order valence-corrected chi connectivity index (χ4v) is 6.63. The molecule has 5 fully saturated rings. The fraction of sp³-hybridized carbons (Fsp3) is 0.905. The van der Waals surface area contributed by atoms with Gasteiger partial charge in [-0.3, -0.25) is 9.59 Å². The molecule has 1 saturated heterocycles. The Hall–Kier alpha value is -1.14. The quantitative estimate of drug-likeness (QED) is 0.590. The monoisotopic (exact) mass is 378 g/mol. The van der Waals surface area contributed by atoms with Crippen LogP contribution in [0, 0.1) is 23.2 Å². The molecule has 5 aliphatic rings. The van der Waals surface area contributed by atoms with Gasteiger partial charge >= 0.3 is 0 Å². The van der Waals surface area contributed by atoms with Crippen molar-refractivity contribution in [2.75, 3.05) is 39.4 Å². The average Bonchev–Trinajstić information content (AvgIpc) is 2.60. The first-order chi connectivity index (χ1) is 13.0. The third kappa shape index (κ3) is 4.65. The summed E-state index contributed by atoms with van der Waals surface area (Å²) >= 11 is 0. The van der Waals surface area contributed by atoms with Crippen LogP contribution in [0.4, 0.5) is 0 Å². The molecule has 0 aromatic heterocycles. The smallest absolute Gasteiger partial charge is 0.242 e. The van der Waals surface area contributed by atoms with Crippen LogP contribution in [0.3, 0.4) is 0 Å². The van der Waals surface area contributed by atoms with Crippen molar-refractivity contribution < 1.29 is 19.2 Å². The molecule has 27 heavy (non-hydrogen) atoms. The Morgan fingerprint density at radius 1 is 1.07 bits per heavy atom. The predicted molar refractivity (Wildman–Crippen MR) is 102 cm³/mol. The third-order valence-electron chi connectivity index (χ3n) is 7.45. The summed E-state index contributed by atoms with van der Waals surface area (Å²) in [6, 6.07) is -0.453. The number of morpholine rings is 1. The number of hydrogen-bond acceptors (Lipinski definition) is 3. The second kappa shape index (κ2) is 8.08. The van der Waals surface area contributed by atoms with Gasteiger partial charge in [0.25, 0.3) is 0 Å². The van der Waals surface area contributed by atoms with Gasteiger partial charge in [0, 0.05) is 6.42 Å². The van der Waals surface area contributed by atoms with Crippen LogP contribution in [0.5, 0.6) is 0 Å². The second-order valence-electron chi connectivity index (χ2n) is 9.79. The van der Waals surface area contributed by atoms with Gasteiger partial charge in [0.2, 0.25) is 11.8 Å². The normalized spacial score (nSPS) is 36.4. The molecule has 4 bridgehead atoms. The van der Waals surface area contributed by atoms with Crippen LogP contribution in [-0.2, 0) is 14.3 Å². The number of hydrogen-bond donors (Lipinski definition) is 3. The highest BCUT2D eigenvalue weighted by Crippen LogP contribution is 2.61. The van der Waals surface area contributed by atoms with Crippen molar-refractivity contribution in [1.29, 1.82) is 0 Å². The molecule has 1 aliphatic heterocycles. The SMILES string of the molecule is C[C@@H](NC(=O)CC12CC3CC(CC(C3)C1)C2)C(=O)NCC[NH+]1CCOCC1. The van der Waals surface area contributed by atoms with E-state index in [0.717, 1.165) is 50.6 Å². The number of carbonyl (C=O) groups is 2. The number of ether oxygens (including phenoxy) is 1. The highest BCUT2D eigenvalue weighted by atomic mass is 16.5. The minimum absolute atomic E-state index is 0.0680. The minimum Gasteiger partial charge on any atom is -0.370 e. The van der Waals surface area contributed by atoms with Crippen molar-refractivity contribution >= 4 is 11.8 Å². The fourth-order valence-electron chi connectivity index (χ4n) is 6.63. The number of amides is 2. The first kappa shape index (κ1) is 19.2. The molecule has 4 aliphatic carbocycles. The molecule has 1 heterocycles. The van der Waals surface area contributed by atoms with Crippen LogP contribution in [0.25, 0.3) is 0 Å². The zero-order chi connectivity index (χ0) is 18.9.